The molecule has 0 amide bonds. The van der Waals surface area contributed by atoms with Crippen molar-refractivity contribution in [1.82, 2.24) is 0 Å². The monoisotopic (exact) mass is 220 g/mol. The third-order valence-electron chi connectivity index (χ3n) is 4.28. The van der Waals surface area contributed by atoms with E-state index >= 15 is 0 Å². The summed E-state index contributed by atoms with van der Waals surface area (Å²) in [6.07, 6.45) is -6.72. The van der Waals surface area contributed by atoms with E-state index in [0.29, 0.717) is 0 Å². The van der Waals surface area contributed by atoms with Gasteiger partial charge in [-0.1, -0.05) is 13.8 Å². The standard InChI is InChI=1S/C9H16O6/c1-7(2)8(14)5(12)3(10)4(11)6(13)9(7,8)15/h3-6,10-15H,1-2H3/t3-,4-,5-,6+,8+,9+/m1/s1. The first-order valence-corrected chi connectivity index (χ1v) is 4.81. The lowest BCUT2D eigenvalue weighted by atomic mass is 9.85. The second-order valence-electron chi connectivity index (χ2n) is 5.03. The number of hydrogen-bond donors (Lipinski definition) is 6. The SMILES string of the molecule is CC1(C)[C@@]2(O)[C@H](O)[C@H](O)[C@@H](O)[C@H](O)[C@]12O. The second kappa shape index (κ2) is 2.53. The lowest BCUT2D eigenvalue weighted by Gasteiger charge is -2.38. The van der Waals surface area contributed by atoms with Gasteiger partial charge in [0.15, 0.2) is 0 Å². The first kappa shape index (κ1) is 11.3. The van der Waals surface area contributed by atoms with Gasteiger partial charge in [0.2, 0.25) is 0 Å². The summed E-state index contributed by atoms with van der Waals surface area (Å²) in [5.41, 5.74) is -5.16. The Morgan fingerprint density at radius 3 is 1.27 bits per heavy atom. The van der Waals surface area contributed by atoms with Crippen LogP contribution >= 0.6 is 0 Å². The van der Waals surface area contributed by atoms with Gasteiger partial charge >= 0.3 is 0 Å². The molecule has 0 aromatic carbocycles. The molecule has 2 aliphatic rings. The number of aliphatic hydroxyl groups excluding tert-OH is 4. The molecular formula is C9H16O6. The molecule has 2 aliphatic carbocycles. The highest BCUT2D eigenvalue weighted by atomic mass is 16.5. The van der Waals surface area contributed by atoms with Crippen molar-refractivity contribution >= 4 is 0 Å². The fourth-order valence-corrected chi connectivity index (χ4v) is 2.95. The van der Waals surface area contributed by atoms with Gasteiger partial charge in [-0.05, 0) is 0 Å². The summed E-state index contributed by atoms with van der Waals surface area (Å²) in [6.45, 7) is 2.90. The van der Waals surface area contributed by atoms with Crippen molar-refractivity contribution in [1.29, 1.82) is 0 Å². The van der Waals surface area contributed by atoms with Crippen molar-refractivity contribution in [3.8, 4) is 0 Å². The Labute approximate surface area is 86.4 Å². The van der Waals surface area contributed by atoms with Gasteiger partial charge in [0.05, 0.1) is 0 Å². The van der Waals surface area contributed by atoms with E-state index in [2.05, 4.69) is 0 Å². The van der Waals surface area contributed by atoms with Crippen LogP contribution in [-0.4, -0.2) is 66.3 Å². The van der Waals surface area contributed by atoms with E-state index < -0.39 is 41.0 Å². The predicted molar refractivity (Wildman–Crippen MR) is 47.7 cm³/mol. The van der Waals surface area contributed by atoms with Gasteiger partial charge in [0.25, 0.3) is 0 Å². The third kappa shape index (κ3) is 0.800. The van der Waals surface area contributed by atoms with Crippen molar-refractivity contribution in [2.75, 3.05) is 0 Å². The fraction of sp³-hybridized carbons (Fsp3) is 1.00. The third-order valence-corrected chi connectivity index (χ3v) is 4.28. The number of aliphatic hydroxyl groups is 6. The Morgan fingerprint density at radius 2 is 1.00 bits per heavy atom. The molecule has 6 nitrogen and oxygen atoms in total. The normalized spacial score (nSPS) is 62.4. The zero-order valence-corrected chi connectivity index (χ0v) is 8.49. The zero-order valence-electron chi connectivity index (χ0n) is 8.49. The smallest absolute Gasteiger partial charge is 0.133 e. The summed E-state index contributed by atoms with van der Waals surface area (Å²) < 4.78 is 0. The summed E-state index contributed by atoms with van der Waals surface area (Å²) in [7, 11) is 0. The minimum Gasteiger partial charge on any atom is -0.387 e. The summed E-state index contributed by atoms with van der Waals surface area (Å²) in [6, 6.07) is 0. The van der Waals surface area contributed by atoms with Crippen molar-refractivity contribution < 1.29 is 30.6 Å². The van der Waals surface area contributed by atoms with Gasteiger partial charge in [-0.2, -0.15) is 0 Å². The van der Waals surface area contributed by atoms with Crippen LogP contribution < -0.4 is 0 Å². The Hall–Kier alpha value is -0.240. The average Bonchev–Trinajstić information content (AvgIpc) is 2.54. The van der Waals surface area contributed by atoms with Crippen LogP contribution in [0, 0.1) is 5.41 Å². The van der Waals surface area contributed by atoms with E-state index in [0.717, 1.165) is 0 Å². The summed E-state index contributed by atoms with van der Waals surface area (Å²) in [5.74, 6) is 0. The topological polar surface area (TPSA) is 121 Å². The number of hydrogen-bond acceptors (Lipinski definition) is 6. The summed E-state index contributed by atoms with van der Waals surface area (Å²) >= 11 is 0. The lowest BCUT2D eigenvalue weighted by molar-refractivity contribution is -0.223. The molecular weight excluding hydrogens is 204 g/mol. The van der Waals surface area contributed by atoms with E-state index in [-0.39, 0.29) is 0 Å². The Kier molecular flexibility index (Phi) is 1.90. The Morgan fingerprint density at radius 1 is 0.733 bits per heavy atom. The van der Waals surface area contributed by atoms with E-state index in [1.54, 1.807) is 0 Å². The Bertz CT molecular complexity index is 277. The molecule has 6 N–H and O–H groups in total. The number of rotatable bonds is 0. The summed E-state index contributed by atoms with van der Waals surface area (Å²) in [5, 5.41) is 58.1. The van der Waals surface area contributed by atoms with Gasteiger partial charge < -0.3 is 30.6 Å². The van der Waals surface area contributed by atoms with E-state index in [4.69, 9.17) is 0 Å². The zero-order chi connectivity index (χ0) is 11.8. The van der Waals surface area contributed by atoms with Gasteiger partial charge in [0, 0.05) is 5.41 Å². The molecule has 2 rings (SSSR count). The highest BCUT2D eigenvalue weighted by Crippen LogP contribution is 2.70. The second-order valence-corrected chi connectivity index (χ2v) is 5.03. The molecule has 0 spiro atoms. The van der Waals surface area contributed by atoms with Gasteiger partial charge in [0.1, 0.15) is 35.6 Å². The van der Waals surface area contributed by atoms with Gasteiger partial charge in [-0.3, -0.25) is 0 Å². The molecule has 0 radical (unpaired) electrons. The molecule has 0 heterocycles. The van der Waals surface area contributed by atoms with E-state index in [9.17, 15) is 30.6 Å². The highest BCUT2D eigenvalue weighted by molar-refractivity contribution is 5.40. The van der Waals surface area contributed by atoms with Crippen LogP contribution in [0.4, 0.5) is 0 Å². The molecule has 0 aromatic rings. The van der Waals surface area contributed by atoms with Gasteiger partial charge in [-0.25, -0.2) is 0 Å². The van der Waals surface area contributed by atoms with Crippen LogP contribution in [0.1, 0.15) is 13.8 Å². The molecule has 6 heteroatoms. The molecule has 88 valence electrons. The van der Waals surface area contributed by atoms with Gasteiger partial charge in [-0.15, -0.1) is 0 Å². The van der Waals surface area contributed by atoms with Crippen LogP contribution in [0.5, 0.6) is 0 Å². The molecule has 2 fully saturated rings. The van der Waals surface area contributed by atoms with Crippen LogP contribution in [0.25, 0.3) is 0 Å². The maximum atomic E-state index is 10.0. The molecule has 0 aromatic heterocycles. The molecule has 0 saturated heterocycles. The average molecular weight is 220 g/mol. The van der Waals surface area contributed by atoms with Crippen LogP contribution in [0.3, 0.4) is 0 Å². The molecule has 15 heavy (non-hydrogen) atoms. The lowest BCUT2D eigenvalue weighted by Crippen LogP contribution is -2.63. The predicted octanol–water partition coefficient (Wildman–Crippen LogP) is -3.05. The van der Waals surface area contributed by atoms with Crippen molar-refractivity contribution in [3.63, 3.8) is 0 Å². The fourth-order valence-electron chi connectivity index (χ4n) is 2.95. The van der Waals surface area contributed by atoms with Crippen LogP contribution in [0.2, 0.25) is 0 Å². The number of fused-ring (bicyclic) bond motifs is 1. The van der Waals surface area contributed by atoms with Crippen molar-refractivity contribution in [2.45, 2.75) is 49.5 Å². The maximum absolute atomic E-state index is 10.0. The van der Waals surface area contributed by atoms with Crippen molar-refractivity contribution in [3.05, 3.63) is 0 Å². The molecule has 0 aliphatic heterocycles. The van der Waals surface area contributed by atoms with Crippen molar-refractivity contribution in [2.24, 2.45) is 5.41 Å². The quantitative estimate of drug-likeness (QED) is 0.258. The van der Waals surface area contributed by atoms with E-state index in [1.807, 2.05) is 0 Å². The largest absolute Gasteiger partial charge is 0.387 e. The summed E-state index contributed by atoms with van der Waals surface area (Å²) in [4.78, 5) is 0. The van der Waals surface area contributed by atoms with Crippen LogP contribution in [0.15, 0.2) is 0 Å². The minimum atomic E-state index is -1.99. The van der Waals surface area contributed by atoms with Crippen LogP contribution in [-0.2, 0) is 0 Å². The highest BCUT2D eigenvalue weighted by Gasteiger charge is 2.91. The first-order chi connectivity index (χ1) is 6.64. The van der Waals surface area contributed by atoms with E-state index in [1.165, 1.54) is 13.8 Å². The maximum Gasteiger partial charge on any atom is 0.133 e. The molecule has 6 atom stereocenters. The molecule has 0 unspecified atom stereocenters. The molecule has 0 bridgehead atoms. The Balaban J connectivity index is 2.48. The minimum absolute atomic E-state index is 1.18. The first-order valence-electron chi connectivity index (χ1n) is 4.81. The molecule has 2 saturated carbocycles.